The predicted octanol–water partition coefficient (Wildman–Crippen LogP) is 25.1. The minimum absolute atomic E-state index is 0. The number of benzene rings is 6. The predicted molar refractivity (Wildman–Crippen MR) is 491 cm³/mol. The Labute approximate surface area is 821 Å². The molecule has 19 rings (SSSR count). The summed E-state index contributed by atoms with van der Waals surface area (Å²) in [6, 6.07) is 98.7. The zero-order valence-electron chi connectivity index (χ0n) is 73.7. The Hall–Kier alpha value is -9.43. The summed E-state index contributed by atoms with van der Waals surface area (Å²) >= 11 is 0. The van der Waals surface area contributed by atoms with E-state index in [0.29, 0.717) is 16.2 Å². The Balaban J connectivity index is 0.000000200. The van der Waals surface area contributed by atoms with Crippen molar-refractivity contribution in [2.75, 3.05) is 0 Å². The van der Waals surface area contributed by atoms with Gasteiger partial charge in [-0.15, -0.1) is 198 Å². The number of rotatable bonds is 15. The smallest absolute Gasteiger partial charge is 0.354 e. The van der Waals surface area contributed by atoms with E-state index in [9.17, 15) is 4.79 Å². The van der Waals surface area contributed by atoms with E-state index < -0.39 is 5.97 Å². The van der Waals surface area contributed by atoms with Gasteiger partial charge in [-0.25, -0.2) is 9.78 Å². The number of nitrogens with zero attached hydrogens (tertiary/aromatic N) is 12. The number of hydrogen-bond donors (Lipinski definition) is 1. The summed E-state index contributed by atoms with van der Waals surface area (Å²) in [5.41, 5.74) is 20.5. The SMILES string of the molecule is CC1(Cc2ccnc(-c3[c-]cccc3)c2)CCCC1.CC1(c2cnn(-c3[c-]cccc3)c2)CCCCC1.CCC1(Cc2cnc(-c3[c-]cccc3)n2C)CCCC1.Cc1c[c-]c(-c2ncc(C3(C)CCCC3)n2C)c(C)n1.O=C(O)c1ccccn1.[Ir].[Ir].[Ir].[Ir].[Ir].[c-]1ccccc1-c1ccccn1.[c-]1ccccc1-c1ccccn1.[c-]1ccccc1-c1ccccn1. The molecule has 4 aliphatic carbocycles. The first-order chi connectivity index (χ1) is 59.5. The molecule has 0 unspecified atom stereocenters. The second-order valence-electron chi connectivity index (χ2n) is 33.0. The summed E-state index contributed by atoms with van der Waals surface area (Å²) in [6.45, 7) is 13.5. The van der Waals surface area contributed by atoms with Gasteiger partial charge in [0, 0.05) is 181 Å². The van der Waals surface area contributed by atoms with Crippen molar-refractivity contribution in [3.63, 3.8) is 0 Å². The van der Waals surface area contributed by atoms with Crippen LogP contribution in [-0.2, 0) is 138 Å². The van der Waals surface area contributed by atoms with E-state index in [4.69, 9.17) is 5.11 Å². The van der Waals surface area contributed by atoms with Crippen molar-refractivity contribution in [2.45, 2.75) is 181 Å². The molecule has 19 heteroatoms. The quantitative estimate of drug-likeness (QED) is 0.0970. The van der Waals surface area contributed by atoms with Crippen LogP contribution < -0.4 is 0 Å². The van der Waals surface area contributed by atoms with Crippen LogP contribution in [0.1, 0.15) is 188 Å². The molecule has 4 fully saturated rings. The van der Waals surface area contributed by atoms with Gasteiger partial charge in [-0.1, -0.05) is 165 Å². The molecule has 9 heterocycles. The third kappa shape index (κ3) is 30.9. The molecule has 1 N–H and O–H groups in total. The third-order valence-corrected chi connectivity index (χ3v) is 23.9. The summed E-state index contributed by atoms with van der Waals surface area (Å²) in [7, 11) is 4.26. The molecule has 0 spiro atoms. The molecule has 4 saturated carbocycles. The van der Waals surface area contributed by atoms with Crippen LogP contribution in [0.3, 0.4) is 0 Å². The summed E-state index contributed by atoms with van der Waals surface area (Å²) in [5.74, 6) is 1.03. The van der Waals surface area contributed by atoms with E-state index >= 15 is 0 Å². The van der Waals surface area contributed by atoms with Crippen molar-refractivity contribution in [3.8, 4) is 73.5 Å². The fourth-order valence-electron chi connectivity index (χ4n) is 16.8. The molecule has 0 aliphatic heterocycles. The van der Waals surface area contributed by atoms with Crippen LogP contribution in [0.4, 0.5) is 0 Å². The number of aromatic nitrogens is 12. The van der Waals surface area contributed by atoms with Crippen LogP contribution >= 0.6 is 0 Å². The van der Waals surface area contributed by atoms with Gasteiger partial charge < -0.3 is 39.2 Å². The number of hydrogen-bond acceptors (Lipinski definition) is 10. The van der Waals surface area contributed by atoms with Crippen LogP contribution in [0.15, 0.2) is 292 Å². The van der Waals surface area contributed by atoms with Gasteiger partial charge in [0.2, 0.25) is 0 Å². The number of carboxylic acids is 1. The van der Waals surface area contributed by atoms with Crippen molar-refractivity contribution in [3.05, 3.63) is 374 Å². The second-order valence-corrected chi connectivity index (χ2v) is 33.0. The maximum Gasteiger partial charge on any atom is 0.354 e. The van der Waals surface area contributed by atoms with Crippen LogP contribution in [0.5, 0.6) is 0 Å². The van der Waals surface area contributed by atoms with Crippen LogP contribution in [0, 0.1) is 67.1 Å². The van der Waals surface area contributed by atoms with Gasteiger partial charge in [0.25, 0.3) is 0 Å². The summed E-state index contributed by atoms with van der Waals surface area (Å²) in [5, 5.41) is 12.8. The number of aryl methyl sites for hydroxylation is 2. The number of aromatic carboxylic acids is 1. The molecule has 4 aliphatic rings. The Morgan fingerprint density at radius 1 is 0.417 bits per heavy atom. The molecule has 0 amide bonds. The van der Waals surface area contributed by atoms with Crippen molar-refractivity contribution < 1.29 is 110 Å². The Kier molecular flexibility index (Phi) is 44.1. The van der Waals surface area contributed by atoms with Crippen molar-refractivity contribution >= 4 is 5.97 Å². The average molecular weight is 2570 g/mol. The molecular formula is C108H113Ir5N12O2-7. The van der Waals surface area contributed by atoms with Crippen LogP contribution in [-0.4, -0.2) is 69.9 Å². The van der Waals surface area contributed by atoms with Crippen molar-refractivity contribution in [1.29, 1.82) is 0 Å². The van der Waals surface area contributed by atoms with Gasteiger partial charge in [0.15, 0.2) is 0 Å². The van der Waals surface area contributed by atoms with Gasteiger partial charge in [-0.2, -0.15) is 29.4 Å². The normalized spacial score (nSPS) is 14.2. The van der Waals surface area contributed by atoms with Crippen molar-refractivity contribution in [2.24, 2.45) is 24.9 Å². The minimum atomic E-state index is -0.990. The third-order valence-electron chi connectivity index (χ3n) is 23.9. The average Bonchev–Trinajstić information content (AvgIpc) is 1.63. The molecule has 15 aromatic rings. The number of imidazole rings is 2. The number of para-hydroxylation sites is 1. The fraction of sp³-hybridized carbons (Fsp3) is 0.296. The summed E-state index contributed by atoms with van der Waals surface area (Å²) in [6.07, 6.45) is 43.6. The summed E-state index contributed by atoms with van der Waals surface area (Å²) in [4.78, 5) is 44.7. The molecule has 9 aromatic heterocycles. The zero-order chi connectivity index (χ0) is 85.3. The van der Waals surface area contributed by atoms with Gasteiger partial charge in [0.05, 0.1) is 17.8 Å². The molecule has 6 aromatic carbocycles. The van der Waals surface area contributed by atoms with E-state index in [1.165, 1.54) is 163 Å². The van der Waals surface area contributed by atoms with E-state index in [2.05, 4.69) is 175 Å². The molecule has 0 atom stereocenters. The number of pyridine rings is 6. The standard InChI is InChI=1S/C18H23N2.C18H20N.C17H22N3.C16H19N2.3C11H8N.C6H5NO2.5Ir/c1-3-18(11-7-8-12-18)13-16-14-19-17(20(16)2)15-9-5-4-6-10-15;1-18(10-5-6-11-18)14-15-9-12-19-17(13-15)16-7-3-2-4-8-16;1-12-7-8-14(13(2)19-12)16-18-11-15(20(16)4)17(3)9-5-6-10-17;1-16(10-6-3-7-11-16)14-12-17-18(13-14)15-8-4-2-5-9-15;3*1-2-6-10(7-3-1)11-8-4-5-9-12-11;8-6(9)5-3-1-2-4-7-5;;;;;/h4-6,9,14H,3,7-8,11-13H2,1-2H3;2-4,7,9,12-13H,5-6,10-11,14H2,1H3;7,11H,5-6,9-10H2,1-4H3;2,4-5,8,12-13H,3,6-7,10-11H2,1H3;3*1-6,8-9H;1-4H,(H,8,9);;;;;/q7*-1;;;;;;. The van der Waals surface area contributed by atoms with Crippen LogP contribution in [0.2, 0.25) is 0 Å². The van der Waals surface area contributed by atoms with Gasteiger partial charge in [-0.3, -0.25) is 14.6 Å². The minimum Gasteiger partial charge on any atom is -0.477 e. The van der Waals surface area contributed by atoms with Gasteiger partial charge in [-0.05, 0) is 162 Å². The van der Waals surface area contributed by atoms with Gasteiger partial charge >= 0.3 is 5.97 Å². The molecule has 0 saturated heterocycles. The van der Waals surface area contributed by atoms with E-state index in [1.807, 2.05) is 231 Å². The van der Waals surface area contributed by atoms with Crippen LogP contribution in [0.25, 0.3) is 73.5 Å². The molecule has 5 radical (unpaired) electrons. The molecule has 127 heavy (non-hydrogen) atoms. The molecule has 14 nitrogen and oxygen atoms in total. The topological polar surface area (TPSA) is 168 Å². The van der Waals surface area contributed by atoms with E-state index in [0.717, 1.165) is 84.9 Å². The Bertz CT molecular complexity index is 5270. The Morgan fingerprint density at radius 2 is 0.858 bits per heavy atom. The zero-order valence-corrected chi connectivity index (χ0v) is 85.7. The molecule has 0 bridgehead atoms. The maximum absolute atomic E-state index is 10.1. The van der Waals surface area contributed by atoms with Crippen molar-refractivity contribution in [1.82, 2.24) is 58.8 Å². The van der Waals surface area contributed by atoms with Gasteiger partial charge in [0.1, 0.15) is 5.69 Å². The fourth-order valence-corrected chi connectivity index (χ4v) is 16.8. The first-order valence-corrected chi connectivity index (χ1v) is 43.1. The number of carbonyl (C=O) groups is 1. The Morgan fingerprint density at radius 3 is 1.31 bits per heavy atom. The maximum atomic E-state index is 10.1. The van der Waals surface area contributed by atoms with E-state index in [-0.39, 0.29) is 112 Å². The molecular weight excluding hydrogens is 2460 g/mol. The van der Waals surface area contributed by atoms with E-state index in [1.54, 1.807) is 30.7 Å². The second kappa shape index (κ2) is 53.5. The molecule has 669 valence electrons. The number of carboxylic acid groups (broad SMARTS) is 1. The monoisotopic (exact) mass is 2570 g/mol. The summed E-state index contributed by atoms with van der Waals surface area (Å²) < 4.78 is 6.43. The largest absolute Gasteiger partial charge is 0.477 e. The first-order valence-electron chi connectivity index (χ1n) is 43.1. The first kappa shape index (κ1) is 105.